The maximum absolute atomic E-state index is 12.6. The zero-order valence-corrected chi connectivity index (χ0v) is 6.65. The molecule has 1 aromatic rings. The van der Waals surface area contributed by atoms with E-state index >= 15 is 0 Å². The van der Waals surface area contributed by atoms with E-state index in [9.17, 15) is 4.39 Å². The number of hydrogen-bond donors (Lipinski definition) is 2. The first-order valence-electron chi connectivity index (χ1n) is 2.61. The van der Waals surface area contributed by atoms with Crippen molar-refractivity contribution in [3.05, 3.63) is 22.4 Å². The number of hydrogen-bond acceptors (Lipinski definition) is 2. The minimum absolute atomic E-state index is 0.0919. The minimum atomic E-state index is -0.494. The van der Waals surface area contributed by atoms with Gasteiger partial charge in [0.1, 0.15) is 5.82 Å². The summed E-state index contributed by atoms with van der Waals surface area (Å²) in [6, 6.07) is 2.73. The average Bonchev–Trinajstić information content (AvgIpc) is 1.82. The van der Waals surface area contributed by atoms with Crippen LogP contribution in [-0.4, -0.2) is 0 Å². The van der Waals surface area contributed by atoms with Gasteiger partial charge in [-0.25, -0.2) is 4.39 Å². The maximum atomic E-state index is 12.6. The fourth-order valence-corrected chi connectivity index (χ4v) is 1.06. The SMILES string of the molecule is Nc1cc(F)c(N)c(Br)c1. The van der Waals surface area contributed by atoms with Crippen LogP contribution in [0.4, 0.5) is 15.8 Å². The molecule has 0 amide bonds. The molecule has 0 saturated carbocycles. The van der Waals surface area contributed by atoms with Crippen molar-refractivity contribution in [2.24, 2.45) is 0 Å². The van der Waals surface area contributed by atoms with E-state index in [0.717, 1.165) is 0 Å². The van der Waals surface area contributed by atoms with Crippen molar-refractivity contribution in [3.8, 4) is 0 Å². The lowest BCUT2D eigenvalue weighted by Gasteiger charge is -2.00. The molecule has 0 heterocycles. The molecule has 0 fully saturated rings. The van der Waals surface area contributed by atoms with Crippen LogP contribution in [-0.2, 0) is 0 Å². The number of benzene rings is 1. The van der Waals surface area contributed by atoms with Gasteiger partial charge in [-0.3, -0.25) is 0 Å². The van der Waals surface area contributed by atoms with E-state index in [0.29, 0.717) is 10.2 Å². The van der Waals surface area contributed by atoms with Crippen molar-refractivity contribution in [1.29, 1.82) is 0 Å². The Morgan fingerprint density at radius 3 is 2.40 bits per heavy atom. The highest BCUT2D eigenvalue weighted by molar-refractivity contribution is 9.10. The molecule has 0 radical (unpaired) electrons. The van der Waals surface area contributed by atoms with Crippen LogP contribution in [0.3, 0.4) is 0 Å². The Balaban J connectivity index is 3.31. The molecule has 0 saturated heterocycles. The molecule has 0 bridgehead atoms. The Bertz CT molecular complexity index is 239. The minimum Gasteiger partial charge on any atom is -0.399 e. The highest BCUT2D eigenvalue weighted by Crippen LogP contribution is 2.24. The molecular weight excluding hydrogens is 199 g/mol. The van der Waals surface area contributed by atoms with Gasteiger partial charge in [-0.1, -0.05) is 0 Å². The third-order valence-electron chi connectivity index (χ3n) is 1.10. The second-order valence-electron chi connectivity index (χ2n) is 1.90. The van der Waals surface area contributed by atoms with Crippen molar-refractivity contribution < 1.29 is 4.39 Å². The fourth-order valence-electron chi connectivity index (χ4n) is 0.604. The number of nitrogens with two attached hydrogens (primary N) is 2. The summed E-state index contributed by atoms with van der Waals surface area (Å²) in [6.07, 6.45) is 0. The summed E-state index contributed by atoms with van der Waals surface area (Å²) < 4.78 is 13.1. The Kier molecular flexibility index (Phi) is 1.80. The normalized spacial score (nSPS) is 9.80. The molecule has 1 aromatic carbocycles. The van der Waals surface area contributed by atoms with Crippen molar-refractivity contribution >= 4 is 27.3 Å². The maximum Gasteiger partial charge on any atom is 0.149 e. The Labute approximate surface area is 66.1 Å². The van der Waals surface area contributed by atoms with Gasteiger partial charge in [-0.05, 0) is 28.1 Å². The van der Waals surface area contributed by atoms with E-state index in [2.05, 4.69) is 15.9 Å². The smallest absolute Gasteiger partial charge is 0.149 e. The van der Waals surface area contributed by atoms with Gasteiger partial charge in [-0.15, -0.1) is 0 Å². The van der Waals surface area contributed by atoms with E-state index in [1.165, 1.54) is 6.07 Å². The lowest BCUT2D eigenvalue weighted by molar-refractivity contribution is 0.632. The van der Waals surface area contributed by atoms with Crippen molar-refractivity contribution in [2.45, 2.75) is 0 Å². The van der Waals surface area contributed by atoms with Crippen LogP contribution in [0.2, 0.25) is 0 Å². The van der Waals surface area contributed by atoms with E-state index in [1.54, 1.807) is 6.07 Å². The lowest BCUT2D eigenvalue weighted by atomic mass is 10.3. The average molecular weight is 205 g/mol. The Morgan fingerprint density at radius 2 is 1.90 bits per heavy atom. The molecule has 4 heteroatoms. The van der Waals surface area contributed by atoms with Crippen LogP contribution in [0.1, 0.15) is 0 Å². The van der Waals surface area contributed by atoms with Crippen LogP contribution < -0.4 is 11.5 Å². The molecule has 0 unspecified atom stereocenters. The van der Waals surface area contributed by atoms with E-state index in [-0.39, 0.29) is 5.69 Å². The van der Waals surface area contributed by atoms with Gasteiger partial charge in [0, 0.05) is 10.2 Å². The van der Waals surface area contributed by atoms with Gasteiger partial charge in [0.25, 0.3) is 0 Å². The summed E-state index contributed by atoms with van der Waals surface area (Å²) in [6.45, 7) is 0. The van der Waals surface area contributed by atoms with Crippen molar-refractivity contribution in [3.63, 3.8) is 0 Å². The summed E-state index contributed by atoms with van der Waals surface area (Å²) in [5.74, 6) is -0.494. The highest BCUT2D eigenvalue weighted by atomic mass is 79.9. The molecule has 2 nitrogen and oxygen atoms in total. The van der Waals surface area contributed by atoms with Crippen LogP contribution in [0.5, 0.6) is 0 Å². The second kappa shape index (κ2) is 2.46. The van der Waals surface area contributed by atoms with Gasteiger partial charge in [0.2, 0.25) is 0 Å². The third-order valence-corrected chi connectivity index (χ3v) is 1.76. The summed E-state index contributed by atoms with van der Waals surface area (Å²) >= 11 is 3.05. The number of halogens is 2. The Morgan fingerprint density at radius 1 is 1.30 bits per heavy atom. The molecule has 0 aliphatic heterocycles. The Hall–Kier alpha value is -0.770. The summed E-state index contributed by atoms with van der Waals surface area (Å²) in [5, 5.41) is 0. The lowest BCUT2D eigenvalue weighted by Crippen LogP contribution is -1.94. The highest BCUT2D eigenvalue weighted by Gasteiger charge is 2.02. The van der Waals surface area contributed by atoms with Gasteiger partial charge in [-0.2, -0.15) is 0 Å². The number of rotatable bonds is 0. The first-order valence-corrected chi connectivity index (χ1v) is 3.40. The number of nitrogen functional groups attached to an aromatic ring is 2. The summed E-state index contributed by atoms with van der Waals surface area (Å²) in [5.41, 5.74) is 11.0. The van der Waals surface area contributed by atoms with Crippen molar-refractivity contribution in [1.82, 2.24) is 0 Å². The molecule has 54 valence electrons. The van der Waals surface area contributed by atoms with Crippen LogP contribution in [0, 0.1) is 5.82 Å². The van der Waals surface area contributed by atoms with E-state index in [4.69, 9.17) is 11.5 Å². The molecule has 4 N–H and O–H groups in total. The third kappa shape index (κ3) is 1.21. The predicted octanol–water partition coefficient (Wildman–Crippen LogP) is 1.75. The molecule has 1 rings (SSSR count). The van der Waals surface area contributed by atoms with Gasteiger partial charge < -0.3 is 11.5 Å². The molecule has 0 atom stereocenters. The van der Waals surface area contributed by atoms with E-state index in [1.807, 2.05) is 0 Å². The zero-order valence-electron chi connectivity index (χ0n) is 5.07. The van der Waals surface area contributed by atoms with Gasteiger partial charge >= 0.3 is 0 Å². The molecule has 0 aromatic heterocycles. The summed E-state index contributed by atoms with van der Waals surface area (Å²) in [7, 11) is 0. The number of anilines is 2. The zero-order chi connectivity index (χ0) is 7.72. The molecule has 0 spiro atoms. The monoisotopic (exact) mass is 204 g/mol. The predicted molar refractivity (Wildman–Crippen MR) is 42.9 cm³/mol. The largest absolute Gasteiger partial charge is 0.399 e. The van der Waals surface area contributed by atoms with Crippen LogP contribution in [0.15, 0.2) is 16.6 Å². The fraction of sp³-hybridized carbons (Fsp3) is 0. The molecular formula is C6H6BrFN2. The van der Waals surface area contributed by atoms with Crippen LogP contribution >= 0.6 is 15.9 Å². The van der Waals surface area contributed by atoms with Crippen molar-refractivity contribution in [2.75, 3.05) is 11.5 Å². The topological polar surface area (TPSA) is 52.0 Å². The first-order chi connectivity index (χ1) is 4.61. The molecule has 0 aliphatic carbocycles. The standard InChI is InChI=1S/C6H6BrFN2/c7-4-1-3(9)2-5(8)6(4)10/h1-2H,9-10H2. The van der Waals surface area contributed by atoms with Crippen LogP contribution in [0.25, 0.3) is 0 Å². The van der Waals surface area contributed by atoms with E-state index < -0.39 is 5.82 Å². The second-order valence-corrected chi connectivity index (χ2v) is 2.75. The first kappa shape index (κ1) is 7.34. The molecule has 0 aliphatic rings. The van der Waals surface area contributed by atoms with Gasteiger partial charge in [0.05, 0.1) is 5.69 Å². The molecule has 10 heavy (non-hydrogen) atoms. The van der Waals surface area contributed by atoms with Gasteiger partial charge in [0.15, 0.2) is 0 Å². The summed E-state index contributed by atoms with van der Waals surface area (Å²) in [4.78, 5) is 0. The quantitative estimate of drug-likeness (QED) is 0.634.